The third-order valence-corrected chi connectivity index (χ3v) is 2.94. The van der Waals surface area contributed by atoms with Crippen molar-refractivity contribution in [2.45, 2.75) is 51.4 Å². The molecular formula is C15H21NO4. The van der Waals surface area contributed by atoms with E-state index in [2.05, 4.69) is 5.92 Å². The molecule has 0 fully saturated rings. The minimum atomic E-state index is -0.473. The van der Waals surface area contributed by atoms with Gasteiger partial charge in [0.05, 0.1) is 0 Å². The minimum absolute atomic E-state index is 0.265. The molecule has 0 spiro atoms. The Labute approximate surface area is 119 Å². The molecule has 0 aliphatic carbocycles. The fraction of sp³-hybridized carbons (Fsp3) is 0.533. The highest BCUT2D eigenvalue weighted by atomic mass is 16.7. The summed E-state index contributed by atoms with van der Waals surface area (Å²) in [5.41, 5.74) is 0. The molecule has 0 aromatic carbocycles. The fourth-order valence-corrected chi connectivity index (χ4v) is 1.85. The molecule has 20 heavy (non-hydrogen) atoms. The van der Waals surface area contributed by atoms with Crippen molar-refractivity contribution in [2.24, 2.45) is 0 Å². The standard InChI is InChI=1S/C15H21NO4/c1-2-3-4-5-6-7-8-9-10-15(19)20-16-13(17)11-12-14(16)18/h1,11-12,17-18H,3-10H2. The summed E-state index contributed by atoms with van der Waals surface area (Å²) in [4.78, 5) is 16.3. The Balaban J connectivity index is 2.08. The Morgan fingerprint density at radius 3 is 2.25 bits per heavy atom. The topological polar surface area (TPSA) is 71.7 Å². The predicted molar refractivity (Wildman–Crippen MR) is 75.1 cm³/mol. The highest BCUT2D eigenvalue weighted by molar-refractivity contribution is 5.69. The molecule has 0 bridgehead atoms. The predicted octanol–water partition coefficient (Wildman–Crippen LogP) is 2.61. The first-order valence-electron chi connectivity index (χ1n) is 6.89. The maximum atomic E-state index is 11.5. The lowest BCUT2D eigenvalue weighted by Gasteiger charge is -2.06. The summed E-state index contributed by atoms with van der Waals surface area (Å²) in [5.74, 6) is 1.53. The van der Waals surface area contributed by atoms with Crippen LogP contribution in [0.3, 0.4) is 0 Å². The molecule has 0 amide bonds. The molecule has 0 radical (unpaired) electrons. The van der Waals surface area contributed by atoms with Gasteiger partial charge >= 0.3 is 5.97 Å². The first-order valence-corrected chi connectivity index (χ1v) is 6.89. The summed E-state index contributed by atoms with van der Waals surface area (Å²) >= 11 is 0. The van der Waals surface area contributed by atoms with Gasteiger partial charge < -0.3 is 15.1 Å². The van der Waals surface area contributed by atoms with Gasteiger partial charge in [0.25, 0.3) is 0 Å². The number of unbranched alkanes of at least 4 members (excludes halogenated alkanes) is 6. The van der Waals surface area contributed by atoms with Crippen molar-refractivity contribution in [3.05, 3.63) is 12.1 Å². The molecule has 1 heterocycles. The van der Waals surface area contributed by atoms with E-state index in [0.717, 1.165) is 44.9 Å². The van der Waals surface area contributed by atoms with Crippen LogP contribution < -0.4 is 4.84 Å². The summed E-state index contributed by atoms with van der Waals surface area (Å²) in [6.07, 6.45) is 12.3. The molecule has 0 aliphatic rings. The molecule has 2 N–H and O–H groups in total. The number of hydrogen-bond donors (Lipinski definition) is 2. The van der Waals surface area contributed by atoms with Crippen LogP contribution in [-0.4, -0.2) is 20.9 Å². The minimum Gasteiger partial charge on any atom is -0.492 e. The Hall–Kier alpha value is -2.09. The van der Waals surface area contributed by atoms with Gasteiger partial charge in [-0.05, 0) is 12.8 Å². The van der Waals surface area contributed by atoms with E-state index < -0.39 is 5.97 Å². The summed E-state index contributed by atoms with van der Waals surface area (Å²) < 4.78 is 0.710. The zero-order valence-electron chi connectivity index (χ0n) is 11.5. The third-order valence-electron chi connectivity index (χ3n) is 2.94. The molecule has 0 atom stereocenters. The van der Waals surface area contributed by atoms with E-state index >= 15 is 0 Å². The van der Waals surface area contributed by atoms with E-state index in [4.69, 9.17) is 11.3 Å². The molecule has 0 aliphatic heterocycles. The van der Waals surface area contributed by atoms with Gasteiger partial charge in [0, 0.05) is 25.0 Å². The molecule has 0 unspecified atom stereocenters. The lowest BCUT2D eigenvalue weighted by atomic mass is 10.1. The maximum Gasteiger partial charge on any atom is 0.333 e. The molecule has 110 valence electrons. The smallest absolute Gasteiger partial charge is 0.333 e. The molecule has 1 rings (SSSR count). The van der Waals surface area contributed by atoms with Gasteiger partial charge in [-0.1, -0.05) is 25.7 Å². The average Bonchev–Trinajstić information content (AvgIpc) is 2.73. The summed E-state index contributed by atoms with van der Waals surface area (Å²) in [6.45, 7) is 0. The van der Waals surface area contributed by atoms with Gasteiger partial charge in [-0.2, -0.15) is 0 Å². The summed E-state index contributed by atoms with van der Waals surface area (Å²) in [5, 5.41) is 18.6. The zero-order valence-corrected chi connectivity index (χ0v) is 11.5. The van der Waals surface area contributed by atoms with Gasteiger partial charge in [0.2, 0.25) is 11.8 Å². The number of hydrogen-bond acceptors (Lipinski definition) is 4. The monoisotopic (exact) mass is 279 g/mol. The second-order valence-corrected chi connectivity index (χ2v) is 4.63. The van der Waals surface area contributed by atoms with Crippen molar-refractivity contribution in [1.82, 2.24) is 4.73 Å². The Kier molecular flexibility index (Phi) is 7.12. The van der Waals surface area contributed by atoms with Crippen LogP contribution in [0, 0.1) is 12.3 Å². The lowest BCUT2D eigenvalue weighted by molar-refractivity contribution is -0.145. The van der Waals surface area contributed by atoms with Crippen LogP contribution in [0.5, 0.6) is 11.8 Å². The highest BCUT2D eigenvalue weighted by Gasteiger charge is 2.11. The lowest BCUT2D eigenvalue weighted by Crippen LogP contribution is -2.18. The van der Waals surface area contributed by atoms with Crippen LogP contribution >= 0.6 is 0 Å². The second kappa shape index (κ2) is 8.92. The van der Waals surface area contributed by atoms with Crippen molar-refractivity contribution in [2.75, 3.05) is 0 Å². The number of aromatic nitrogens is 1. The number of carbonyl (C=O) groups excluding carboxylic acids is 1. The Bertz CT molecular complexity index is 439. The molecule has 0 saturated carbocycles. The second-order valence-electron chi connectivity index (χ2n) is 4.63. The molecular weight excluding hydrogens is 258 g/mol. The van der Waals surface area contributed by atoms with E-state index in [9.17, 15) is 15.0 Å². The molecule has 5 nitrogen and oxygen atoms in total. The van der Waals surface area contributed by atoms with Crippen molar-refractivity contribution in [3.63, 3.8) is 0 Å². The summed E-state index contributed by atoms with van der Waals surface area (Å²) in [6, 6.07) is 2.50. The van der Waals surface area contributed by atoms with E-state index in [1.54, 1.807) is 0 Å². The number of nitrogens with zero attached hydrogens (tertiary/aromatic N) is 1. The van der Waals surface area contributed by atoms with Gasteiger partial charge in [0.15, 0.2) is 0 Å². The maximum absolute atomic E-state index is 11.5. The number of aromatic hydroxyl groups is 2. The zero-order chi connectivity index (χ0) is 14.8. The summed E-state index contributed by atoms with van der Waals surface area (Å²) in [7, 11) is 0. The third kappa shape index (κ3) is 5.70. The van der Waals surface area contributed by atoms with Crippen LogP contribution in [0.4, 0.5) is 0 Å². The SMILES string of the molecule is C#CCCCCCCCCC(=O)On1c(O)ccc1O. The first-order chi connectivity index (χ1) is 9.65. The van der Waals surface area contributed by atoms with Crippen molar-refractivity contribution in [1.29, 1.82) is 0 Å². The quantitative estimate of drug-likeness (QED) is 0.538. The van der Waals surface area contributed by atoms with Crippen molar-refractivity contribution >= 4 is 5.97 Å². The van der Waals surface area contributed by atoms with Crippen LogP contribution in [-0.2, 0) is 4.79 Å². The fourth-order valence-electron chi connectivity index (χ4n) is 1.85. The van der Waals surface area contributed by atoms with Crippen LogP contribution in [0.2, 0.25) is 0 Å². The van der Waals surface area contributed by atoms with Gasteiger partial charge in [-0.25, -0.2) is 4.79 Å². The van der Waals surface area contributed by atoms with Crippen LogP contribution in [0.1, 0.15) is 51.4 Å². The van der Waals surface area contributed by atoms with E-state index in [1.165, 1.54) is 12.1 Å². The van der Waals surface area contributed by atoms with Gasteiger partial charge in [0.1, 0.15) is 0 Å². The van der Waals surface area contributed by atoms with E-state index in [-0.39, 0.29) is 18.2 Å². The number of carbonyl (C=O) groups is 1. The number of terminal acetylenes is 1. The largest absolute Gasteiger partial charge is 0.492 e. The molecule has 1 aromatic heterocycles. The van der Waals surface area contributed by atoms with E-state index in [0.29, 0.717) is 4.73 Å². The van der Waals surface area contributed by atoms with Crippen LogP contribution in [0.25, 0.3) is 0 Å². The Morgan fingerprint density at radius 1 is 1.10 bits per heavy atom. The first kappa shape index (κ1) is 16.0. The number of rotatable bonds is 9. The van der Waals surface area contributed by atoms with Gasteiger partial charge in [-0.3, -0.25) is 0 Å². The normalized spacial score (nSPS) is 10.2. The molecule has 1 aromatic rings. The van der Waals surface area contributed by atoms with Gasteiger partial charge in [-0.15, -0.1) is 17.1 Å². The molecule has 0 saturated heterocycles. The molecule has 5 heteroatoms. The van der Waals surface area contributed by atoms with E-state index in [1.807, 2.05) is 0 Å². The highest BCUT2D eigenvalue weighted by Crippen LogP contribution is 2.19. The van der Waals surface area contributed by atoms with Crippen LogP contribution in [0.15, 0.2) is 12.1 Å². The van der Waals surface area contributed by atoms with Crippen molar-refractivity contribution in [3.8, 4) is 24.1 Å². The average molecular weight is 279 g/mol. The Morgan fingerprint density at radius 2 is 1.65 bits per heavy atom. The van der Waals surface area contributed by atoms with Crippen molar-refractivity contribution < 1.29 is 19.8 Å².